The molecular formula is C16H16F2N2O3S2. The van der Waals surface area contributed by atoms with Crippen LogP contribution < -0.4 is 5.32 Å². The van der Waals surface area contributed by atoms with Crippen LogP contribution >= 0.6 is 11.3 Å². The van der Waals surface area contributed by atoms with E-state index in [-0.39, 0.29) is 24.9 Å². The molecule has 0 unspecified atom stereocenters. The van der Waals surface area contributed by atoms with Crippen LogP contribution in [-0.4, -0.2) is 31.7 Å². The molecule has 1 aliphatic heterocycles. The molecule has 1 fully saturated rings. The van der Waals surface area contributed by atoms with Crippen LogP contribution in [0, 0.1) is 17.6 Å². The van der Waals surface area contributed by atoms with Gasteiger partial charge in [-0.3, -0.25) is 4.79 Å². The molecule has 1 aromatic heterocycles. The van der Waals surface area contributed by atoms with Crippen molar-refractivity contribution in [3.8, 4) is 0 Å². The average molecular weight is 386 g/mol. The highest BCUT2D eigenvalue weighted by Crippen LogP contribution is 2.27. The number of piperidine rings is 1. The van der Waals surface area contributed by atoms with E-state index < -0.39 is 26.6 Å². The fraction of sp³-hybridized carbons (Fsp3) is 0.312. The highest BCUT2D eigenvalue weighted by Gasteiger charge is 2.33. The van der Waals surface area contributed by atoms with Crippen molar-refractivity contribution in [2.24, 2.45) is 5.92 Å². The maximum absolute atomic E-state index is 13.8. The summed E-state index contributed by atoms with van der Waals surface area (Å²) in [6.45, 7) is 0.167. The van der Waals surface area contributed by atoms with Gasteiger partial charge in [-0.2, -0.15) is 15.6 Å². The van der Waals surface area contributed by atoms with E-state index in [0.29, 0.717) is 24.6 Å². The molecule has 1 aliphatic rings. The standard InChI is InChI=1S/C16H16F2N2O3S2/c17-12-1-2-14(18)15(9-12)25(22,23)20-6-3-11(4-7-20)16(21)19-13-5-8-24-10-13/h1-2,5,8-11H,3-4,6-7H2,(H,19,21). The normalized spacial score (nSPS) is 16.7. The van der Waals surface area contributed by atoms with E-state index >= 15 is 0 Å². The fourth-order valence-electron chi connectivity index (χ4n) is 2.75. The van der Waals surface area contributed by atoms with Gasteiger partial charge in [0.1, 0.15) is 16.5 Å². The monoisotopic (exact) mass is 386 g/mol. The van der Waals surface area contributed by atoms with E-state index in [4.69, 9.17) is 0 Å². The number of carbonyl (C=O) groups excluding carboxylic acids is 1. The van der Waals surface area contributed by atoms with Gasteiger partial charge in [0.15, 0.2) is 0 Å². The number of sulfonamides is 1. The Hall–Kier alpha value is -1.84. The van der Waals surface area contributed by atoms with E-state index in [1.54, 1.807) is 6.07 Å². The maximum Gasteiger partial charge on any atom is 0.246 e. The largest absolute Gasteiger partial charge is 0.325 e. The number of hydrogen-bond acceptors (Lipinski definition) is 4. The minimum Gasteiger partial charge on any atom is -0.325 e. The molecule has 2 heterocycles. The molecule has 0 atom stereocenters. The maximum atomic E-state index is 13.8. The van der Waals surface area contributed by atoms with Gasteiger partial charge in [0.2, 0.25) is 15.9 Å². The van der Waals surface area contributed by atoms with Gasteiger partial charge in [-0.1, -0.05) is 0 Å². The molecule has 9 heteroatoms. The van der Waals surface area contributed by atoms with Gasteiger partial charge >= 0.3 is 0 Å². The summed E-state index contributed by atoms with van der Waals surface area (Å²) in [6.07, 6.45) is 0.651. The Morgan fingerprint density at radius 3 is 2.56 bits per heavy atom. The number of halogens is 2. The molecule has 0 aliphatic carbocycles. The number of nitrogens with zero attached hydrogens (tertiary/aromatic N) is 1. The van der Waals surface area contributed by atoms with Crippen molar-refractivity contribution in [1.29, 1.82) is 0 Å². The Morgan fingerprint density at radius 1 is 1.20 bits per heavy atom. The Balaban J connectivity index is 1.67. The Kier molecular flexibility index (Phi) is 5.16. The van der Waals surface area contributed by atoms with Gasteiger partial charge in [0, 0.05) is 24.4 Å². The minimum absolute atomic E-state index is 0.0833. The number of anilines is 1. The van der Waals surface area contributed by atoms with Crippen molar-refractivity contribution >= 4 is 33.0 Å². The summed E-state index contributed by atoms with van der Waals surface area (Å²) in [5, 5.41) is 6.44. The lowest BCUT2D eigenvalue weighted by molar-refractivity contribution is -0.120. The zero-order valence-corrected chi connectivity index (χ0v) is 14.7. The van der Waals surface area contributed by atoms with Gasteiger partial charge in [-0.05, 0) is 42.5 Å². The molecular weight excluding hydrogens is 370 g/mol. The van der Waals surface area contributed by atoms with E-state index in [1.807, 2.05) is 10.8 Å². The molecule has 3 rings (SSSR count). The summed E-state index contributed by atoms with van der Waals surface area (Å²) in [5.74, 6) is -2.28. The van der Waals surface area contributed by atoms with Gasteiger partial charge in [-0.15, -0.1) is 0 Å². The van der Waals surface area contributed by atoms with Crippen molar-refractivity contribution < 1.29 is 22.0 Å². The predicted octanol–water partition coefficient (Wildman–Crippen LogP) is 3.07. The summed E-state index contributed by atoms with van der Waals surface area (Å²) >= 11 is 1.46. The zero-order chi connectivity index (χ0) is 18.0. The second kappa shape index (κ2) is 7.19. The first-order valence-corrected chi connectivity index (χ1v) is 10.0. The van der Waals surface area contributed by atoms with Crippen LogP contribution in [0.15, 0.2) is 39.9 Å². The third-order valence-corrected chi connectivity index (χ3v) is 6.72. The van der Waals surface area contributed by atoms with Crippen LogP contribution in [-0.2, 0) is 14.8 Å². The van der Waals surface area contributed by atoms with E-state index in [2.05, 4.69) is 5.32 Å². The predicted molar refractivity (Wildman–Crippen MR) is 90.8 cm³/mol. The number of benzene rings is 1. The van der Waals surface area contributed by atoms with Crippen LogP contribution in [0.3, 0.4) is 0 Å². The summed E-state index contributed by atoms with van der Waals surface area (Å²) in [4.78, 5) is 11.5. The number of thiophene rings is 1. The van der Waals surface area contributed by atoms with E-state index in [1.165, 1.54) is 11.3 Å². The van der Waals surface area contributed by atoms with Crippen molar-refractivity contribution in [2.45, 2.75) is 17.7 Å². The minimum atomic E-state index is -4.13. The molecule has 1 amide bonds. The molecule has 1 aromatic carbocycles. The van der Waals surface area contributed by atoms with Crippen LogP contribution in [0.4, 0.5) is 14.5 Å². The SMILES string of the molecule is O=C(Nc1ccsc1)C1CCN(S(=O)(=O)c2cc(F)ccc2F)CC1. The average Bonchev–Trinajstić information content (AvgIpc) is 3.10. The van der Waals surface area contributed by atoms with Crippen LogP contribution in [0.25, 0.3) is 0 Å². The Bertz CT molecular complexity index is 862. The molecule has 0 radical (unpaired) electrons. The van der Waals surface area contributed by atoms with Gasteiger partial charge in [0.25, 0.3) is 0 Å². The number of nitrogens with one attached hydrogen (secondary N) is 1. The highest BCUT2D eigenvalue weighted by molar-refractivity contribution is 7.89. The Morgan fingerprint density at radius 2 is 1.92 bits per heavy atom. The molecule has 25 heavy (non-hydrogen) atoms. The number of rotatable bonds is 4. The van der Waals surface area contributed by atoms with Gasteiger partial charge < -0.3 is 5.32 Å². The summed E-state index contributed by atoms with van der Waals surface area (Å²) in [7, 11) is -4.13. The molecule has 1 saturated heterocycles. The summed E-state index contributed by atoms with van der Waals surface area (Å²) in [6, 6.07) is 4.13. The van der Waals surface area contributed by atoms with Crippen molar-refractivity contribution in [1.82, 2.24) is 4.31 Å². The lowest BCUT2D eigenvalue weighted by Crippen LogP contribution is -2.41. The van der Waals surface area contributed by atoms with Crippen LogP contribution in [0.5, 0.6) is 0 Å². The molecule has 134 valence electrons. The number of carbonyl (C=O) groups is 1. The van der Waals surface area contributed by atoms with Crippen molar-refractivity contribution in [3.05, 3.63) is 46.7 Å². The van der Waals surface area contributed by atoms with Crippen LogP contribution in [0.1, 0.15) is 12.8 Å². The topological polar surface area (TPSA) is 66.5 Å². The molecule has 5 nitrogen and oxygen atoms in total. The Labute approximate surface area is 148 Å². The quantitative estimate of drug-likeness (QED) is 0.878. The van der Waals surface area contributed by atoms with Gasteiger partial charge in [-0.25, -0.2) is 17.2 Å². The molecule has 2 aromatic rings. The van der Waals surface area contributed by atoms with Crippen molar-refractivity contribution in [2.75, 3.05) is 18.4 Å². The zero-order valence-electron chi connectivity index (χ0n) is 13.1. The number of amides is 1. The van der Waals surface area contributed by atoms with E-state index in [9.17, 15) is 22.0 Å². The smallest absolute Gasteiger partial charge is 0.246 e. The highest BCUT2D eigenvalue weighted by atomic mass is 32.2. The lowest BCUT2D eigenvalue weighted by Gasteiger charge is -2.30. The first-order chi connectivity index (χ1) is 11.9. The second-order valence-electron chi connectivity index (χ2n) is 5.75. The summed E-state index contributed by atoms with van der Waals surface area (Å²) in [5.41, 5.74) is 0.715. The first kappa shape index (κ1) is 18.0. The molecule has 1 N–H and O–H groups in total. The van der Waals surface area contributed by atoms with Crippen molar-refractivity contribution in [3.63, 3.8) is 0 Å². The molecule has 0 bridgehead atoms. The molecule has 0 saturated carbocycles. The fourth-order valence-corrected chi connectivity index (χ4v) is 4.89. The lowest BCUT2D eigenvalue weighted by atomic mass is 9.97. The van der Waals surface area contributed by atoms with E-state index in [0.717, 1.165) is 16.4 Å². The van der Waals surface area contributed by atoms with Gasteiger partial charge in [0.05, 0.1) is 5.69 Å². The summed E-state index contributed by atoms with van der Waals surface area (Å²) < 4.78 is 53.2. The van der Waals surface area contributed by atoms with Crippen LogP contribution in [0.2, 0.25) is 0 Å². The molecule has 0 spiro atoms. The second-order valence-corrected chi connectivity index (χ2v) is 8.44. The first-order valence-electron chi connectivity index (χ1n) is 7.66. The third kappa shape index (κ3) is 3.88. The number of hydrogen-bond donors (Lipinski definition) is 1. The third-order valence-electron chi connectivity index (χ3n) is 4.12.